The van der Waals surface area contributed by atoms with E-state index in [4.69, 9.17) is 4.98 Å². The predicted molar refractivity (Wildman–Crippen MR) is 81.3 cm³/mol. The first kappa shape index (κ1) is 13.7. The zero-order valence-electron chi connectivity index (χ0n) is 11.2. The Morgan fingerprint density at radius 2 is 2.17 bits per heavy atom. The summed E-state index contributed by atoms with van der Waals surface area (Å²) < 4.78 is 0. The number of rotatable bonds is 6. The fourth-order valence-electron chi connectivity index (χ4n) is 1.67. The highest BCUT2D eigenvalue weighted by Crippen LogP contribution is 2.30. The van der Waals surface area contributed by atoms with Crippen molar-refractivity contribution in [1.82, 2.24) is 10.3 Å². The summed E-state index contributed by atoms with van der Waals surface area (Å²) >= 11 is 3.60. The lowest BCUT2D eigenvalue weighted by molar-refractivity contribution is 0.549. The van der Waals surface area contributed by atoms with Gasteiger partial charge in [-0.3, -0.25) is 0 Å². The van der Waals surface area contributed by atoms with E-state index in [0.29, 0.717) is 5.92 Å². The lowest BCUT2D eigenvalue weighted by Gasteiger charge is -2.04. The normalized spacial score (nSPS) is 11.3. The van der Waals surface area contributed by atoms with Crippen molar-refractivity contribution in [1.29, 1.82) is 0 Å². The van der Waals surface area contributed by atoms with Crippen molar-refractivity contribution in [3.8, 4) is 9.88 Å². The Labute approximate surface area is 117 Å². The molecule has 4 heteroatoms. The zero-order valence-corrected chi connectivity index (χ0v) is 12.8. The van der Waals surface area contributed by atoms with Crippen LogP contribution >= 0.6 is 22.7 Å². The lowest BCUT2D eigenvalue weighted by atomic mass is 10.2. The van der Waals surface area contributed by atoms with Gasteiger partial charge in [-0.05, 0) is 31.0 Å². The van der Waals surface area contributed by atoms with Crippen LogP contribution in [0.1, 0.15) is 31.3 Å². The van der Waals surface area contributed by atoms with Gasteiger partial charge in [0.15, 0.2) is 0 Å². The first-order valence-corrected chi connectivity index (χ1v) is 8.13. The third-order valence-electron chi connectivity index (χ3n) is 2.63. The van der Waals surface area contributed by atoms with Crippen LogP contribution in [-0.2, 0) is 13.0 Å². The molecule has 0 aliphatic carbocycles. The van der Waals surface area contributed by atoms with Crippen molar-refractivity contribution in [3.63, 3.8) is 0 Å². The number of aromatic nitrogens is 1. The van der Waals surface area contributed by atoms with Crippen molar-refractivity contribution >= 4 is 22.7 Å². The van der Waals surface area contributed by atoms with E-state index >= 15 is 0 Å². The van der Waals surface area contributed by atoms with E-state index < -0.39 is 0 Å². The number of nitrogens with zero attached hydrogens (tertiary/aromatic N) is 1. The molecule has 0 bridgehead atoms. The summed E-state index contributed by atoms with van der Waals surface area (Å²) in [7, 11) is 0. The van der Waals surface area contributed by atoms with Crippen LogP contribution in [0.25, 0.3) is 9.88 Å². The molecule has 2 heterocycles. The molecule has 2 aromatic heterocycles. The van der Waals surface area contributed by atoms with Crippen LogP contribution in [0.5, 0.6) is 0 Å². The van der Waals surface area contributed by atoms with Crippen LogP contribution < -0.4 is 5.32 Å². The van der Waals surface area contributed by atoms with E-state index in [0.717, 1.165) is 30.2 Å². The molecular formula is C14H20N2S2. The maximum Gasteiger partial charge on any atom is 0.133 e. The predicted octanol–water partition coefficient (Wildman–Crippen LogP) is 4.18. The molecule has 0 aliphatic heterocycles. The molecule has 18 heavy (non-hydrogen) atoms. The molecule has 0 aliphatic rings. The molecule has 0 unspecified atom stereocenters. The molecule has 0 spiro atoms. The number of hydrogen-bond acceptors (Lipinski definition) is 4. The Hall–Kier alpha value is -0.710. The van der Waals surface area contributed by atoms with E-state index in [2.05, 4.69) is 43.6 Å². The number of thiophene rings is 1. The van der Waals surface area contributed by atoms with Gasteiger partial charge in [-0.2, -0.15) is 0 Å². The van der Waals surface area contributed by atoms with Crippen LogP contribution in [0, 0.1) is 5.92 Å². The third-order valence-corrected chi connectivity index (χ3v) is 4.92. The average Bonchev–Trinajstić information content (AvgIpc) is 2.95. The van der Waals surface area contributed by atoms with Crippen molar-refractivity contribution in [2.45, 2.75) is 33.7 Å². The Bertz CT molecular complexity index is 485. The Balaban J connectivity index is 1.97. The first-order valence-electron chi connectivity index (χ1n) is 6.43. The van der Waals surface area contributed by atoms with Gasteiger partial charge in [-0.1, -0.05) is 20.8 Å². The van der Waals surface area contributed by atoms with Gasteiger partial charge in [-0.15, -0.1) is 22.7 Å². The summed E-state index contributed by atoms with van der Waals surface area (Å²) in [5.41, 5.74) is 1.15. The SMILES string of the molecule is CCc1ccc(-c2nc(CNCC(C)C)cs2)s1. The molecular weight excluding hydrogens is 260 g/mol. The van der Waals surface area contributed by atoms with Crippen molar-refractivity contribution in [2.75, 3.05) is 6.54 Å². The summed E-state index contributed by atoms with van der Waals surface area (Å²) in [5.74, 6) is 0.688. The van der Waals surface area contributed by atoms with Gasteiger partial charge in [0.05, 0.1) is 10.6 Å². The summed E-state index contributed by atoms with van der Waals surface area (Å²) in [6.45, 7) is 8.56. The second-order valence-electron chi connectivity index (χ2n) is 4.79. The highest BCUT2D eigenvalue weighted by Gasteiger charge is 2.07. The molecule has 0 saturated carbocycles. The molecule has 0 amide bonds. The highest BCUT2D eigenvalue weighted by molar-refractivity contribution is 7.21. The monoisotopic (exact) mass is 280 g/mol. The largest absolute Gasteiger partial charge is 0.311 e. The molecule has 0 atom stereocenters. The standard InChI is InChI=1S/C14H20N2S2/c1-4-12-5-6-13(18-12)14-16-11(9-17-14)8-15-7-10(2)3/h5-6,9-10,15H,4,7-8H2,1-3H3. The smallest absolute Gasteiger partial charge is 0.133 e. The Kier molecular flexibility index (Phi) is 4.92. The maximum atomic E-state index is 4.69. The molecule has 1 N–H and O–H groups in total. The summed E-state index contributed by atoms with van der Waals surface area (Å²) in [5, 5.41) is 6.74. The maximum absolute atomic E-state index is 4.69. The van der Waals surface area contributed by atoms with E-state index in [-0.39, 0.29) is 0 Å². The number of nitrogens with one attached hydrogen (secondary N) is 1. The highest BCUT2D eigenvalue weighted by atomic mass is 32.1. The van der Waals surface area contributed by atoms with Gasteiger partial charge >= 0.3 is 0 Å². The third kappa shape index (κ3) is 3.64. The van der Waals surface area contributed by atoms with Gasteiger partial charge in [-0.25, -0.2) is 4.98 Å². The zero-order chi connectivity index (χ0) is 13.0. The second kappa shape index (κ2) is 6.45. The summed E-state index contributed by atoms with van der Waals surface area (Å²) in [6.07, 6.45) is 1.11. The van der Waals surface area contributed by atoms with E-state index in [1.807, 2.05) is 11.3 Å². The van der Waals surface area contributed by atoms with Crippen molar-refractivity contribution in [3.05, 3.63) is 28.1 Å². The molecule has 2 nitrogen and oxygen atoms in total. The van der Waals surface area contributed by atoms with E-state index in [9.17, 15) is 0 Å². The number of thiazole rings is 1. The van der Waals surface area contributed by atoms with Crippen LogP contribution in [0.2, 0.25) is 0 Å². The summed E-state index contributed by atoms with van der Waals surface area (Å²) in [6, 6.07) is 4.39. The quantitative estimate of drug-likeness (QED) is 0.858. The van der Waals surface area contributed by atoms with Crippen molar-refractivity contribution in [2.24, 2.45) is 5.92 Å². The van der Waals surface area contributed by atoms with Crippen LogP contribution in [-0.4, -0.2) is 11.5 Å². The van der Waals surface area contributed by atoms with Gasteiger partial charge in [0.25, 0.3) is 0 Å². The lowest BCUT2D eigenvalue weighted by Crippen LogP contribution is -2.19. The van der Waals surface area contributed by atoms with Gasteiger partial charge < -0.3 is 5.32 Å². The minimum Gasteiger partial charge on any atom is -0.311 e. The second-order valence-corrected chi connectivity index (χ2v) is 6.81. The van der Waals surface area contributed by atoms with Crippen molar-refractivity contribution < 1.29 is 0 Å². The molecule has 0 aromatic carbocycles. The molecule has 0 radical (unpaired) electrons. The van der Waals surface area contributed by atoms with Crippen LogP contribution in [0.4, 0.5) is 0 Å². The average molecular weight is 280 g/mol. The number of aryl methyl sites for hydroxylation is 1. The molecule has 0 fully saturated rings. The van der Waals surface area contributed by atoms with Gasteiger partial charge in [0.2, 0.25) is 0 Å². The minimum atomic E-state index is 0.688. The molecule has 2 aromatic rings. The minimum absolute atomic E-state index is 0.688. The van der Waals surface area contributed by atoms with E-state index in [1.54, 1.807) is 11.3 Å². The molecule has 0 saturated heterocycles. The number of hydrogen-bond donors (Lipinski definition) is 1. The van der Waals surface area contributed by atoms with Gasteiger partial charge in [0, 0.05) is 16.8 Å². The first-order chi connectivity index (χ1) is 8.69. The van der Waals surface area contributed by atoms with Gasteiger partial charge in [0.1, 0.15) is 5.01 Å². The van der Waals surface area contributed by atoms with E-state index in [1.165, 1.54) is 9.75 Å². The molecule has 2 rings (SSSR count). The Morgan fingerprint density at radius 1 is 1.33 bits per heavy atom. The topological polar surface area (TPSA) is 24.9 Å². The van der Waals surface area contributed by atoms with Crippen LogP contribution in [0.15, 0.2) is 17.5 Å². The fourth-order valence-corrected chi connectivity index (χ4v) is 3.51. The molecule has 98 valence electrons. The van der Waals surface area contributed by atoms with Crippen LogP contribution in [0.3, 0.4) is 0 Å². The fraction of sp³-hybridized carbons (Fsp3) is 0.500. The summed E-state index contributed by atoms with van der Waals surface area (Å²) in [4.78, 5) is 7.42. The Morgan fingerprint density at radius 3 is 2.83 bits per heavy atom.